The Morgan fingerprint density at radius 1 is 1.25 bits per heavy atom. The lowest BCUT2D eigenvalue weighted by atomic mass is 10.1. The molecule has 0 heterocycles. The zero-order valence-corrected chi connectivity index (χ0v) is 12.3. The van der Waals surface area contributed by atoms with Gasteiger partial charge >= 0.3 is 0 Å². The number of carbonyl (C=O) groups is 1. The fraction of sp³-hybridized carbons (Fsp3) is 0.0667. The van der Waals surface area contributed by atoms with E-state index in [9.17, 15) is 4.79 Å². The molecule has 20 heavy (non-hydrogen) atoms. The fourth-order valence-electron chi connectivity index (χ4n) is 1.64. The van der Waals surface area contributed by atoms with Gasteiger partial charge in [0.05, 0.1) is 23.2 Å². The molecular formula is C15H11BrN2O2. The van der Waals surface area contributed by atoms with Crippen LogP contribution in [0.1, 0.15) is 15.9 Å². The molecule has 0 atom stereocenters. The molecule has 2 aromatic rings. The number of methoxy groups -OCH3 is 1. The second kappa shape index (κ2) is 6.22. The number of hydrogen-bond donors (Lipinski definition) is 1. The zero-order chi connectivity index (χ0) is 14.5. The molecule has 0 aliphatic heterocycles. The van der Waals surface area contributed by atoms with Crippen LogP contribution in [-0.4, -0.2) is 13.0 Å². The summed E-state index contributed by atoms with van der Waals surface area (Å²) in [5.74, 6) is 0.404. The Kier molecular flexibility index (Phi) is 4.38. The molecule has 4 nitrogen and oxygen atoms in total. The molecule has 2 rings (SSSR count). The third kappa shape index (κ3) is 3.16. The first kappa shape index (κ1) is 14.1. The molecule has 2 aromatic carbocycles. The summed E-state index contributed by atoms with van der Waals surface area (Å²) in [7, 11) is 1.56. The van der Waals surface area contributed by atoms with Gasteiger partial charge in [0.25, 0.3) is 5.91 Å². The molecule has 5 heteroatoms. The van der Waals surface area contributed by atoms with Crippen molar-refractivity contribution in [1.29, 1.82) is 5.26 Å². The topological polar surface area (TPSA) is 62.1 Å². The van der Waals surface area contributed by atoms with Crippen molar-refractivity contribution in [3.8, 4) is 11.8 Å². The summed E-state index contributed by atoms with van der Waals surface area (Å²) in [5, 5.41) is 11.5. The second-order valence-corrected chi connectivity index (χ2v) is 4.85. The quantitative estimate of drug-likeness (QED) is 0.935. The van der Waals surface area contributed by atoms with Crippen molar-refractivity contribution in [2.75, 3.05) is 12.4 Å². The lowest BCUT2D eigenvalue weighted by Crippen LogP contribution is -2.11. The maximum Gasteiger partial charge on any atom is 0.255 e. The van der Waals surface area contributed by atoms with Gasteiger partial charge in [-0.25, -0.2) is 0 Å². The van der Waals surface area contributed by atoms with E-state index in [1.807, 2.05) is 6.07 Å². The average Bonchev–Trinajstić information content (AvgIpc) is 2.49. The lowest BCUT2D eigenvalue weighted by Gasteiger charge is -2.08. The molecule has 0 aliphatic rings. The minimum Gasteiger partial charge on any atom is -0.495 e. The summed E-state index contributed by atoms with van der Waals surface area (Å²) >= 11 is 3.35. The number of halogens is 1. The molecule has 100 valence electrons. The predicted octanol–water partition coefficient (Wildman–Crippen LogP) is 3.58. The van der Waals surface area contributed by atoms with Gasteiger partial charge in [0.2, 0.25) is 0 Å². The fourth-order valence-corrected chi connectivity index (χ4v) is 2.05. The van der Waals surface area contributed by atoms with Crippen LogP contribution in [0.25, 0.3) is 0 Å². The smallest absolute Gasteiger partial charge is 0.255 e. The van der Waals surface area contributed by atoms with Crippen LogP contribution in [0.2, 0.25) is 0 Å². The third-order valence-corrected chi connectivity index (χ3v) is 3.34. The predicted molar refractivity (Wildman–Crippen MR) is 79.8 cm³/mol. The van der Waals surface area contributed by atoms with Crippen molar-refractivity contribution in [1.82, 2.24) is 0 Å². The van der Waals surface area contributed by atoms with Gasteiger partial charge in [0, 0.05) is 17.3 Å². The first-order chi connectivity index (χ1) is 9.63. The molecule has 0 saturated carbocycles. The monoisotopic (exact) mass is 330 g/mol. The van der Waals surface area contributed by atoms with Crippen molar-refractivity contribution < 1.29 is 9.53 Å². The van der Waals surface area contributed by atoms with Gasteiger partial charge in [-0.05, 0) is 52.3 Å². The molecule has 0 spiro atoms. The molecule has 0 radical (unpaired) electrons. The van der Waals surface area contributed by atoms with Crippen molar-refractivity contribution >= 4 is 27.5 Å². The Hall–Kier alpha value is -2.32. The Morgan fingerprint density at radius 2 is 1.95 bits per heavy atom. The van der Waals surface area contributed by atoms with E-state index in [0.29, 0.717) is 22.6 Å². The highest BCUT2D eigenvalue weighted by Gasteiger charge is 2.08. The summed E-state index contributed by atoms with van der Waals surface area (Å²) in [6.07, 6.45) is 0. The van der Waals surface area contributed by atoms with E-state index in [0.717, 1.165) is 4.47 Å². The first-order valence-electron chi connectivity index (χ1n) is 5.79. The molecule has 0 aliphatic carbocycles. The van der Waals surface area contributed by atoms with Crippen LogP contribution in [0.15, 0.2) is 46.9 Å². The summed E-state index contributed by atoms with van der Waals surface area (Å²) in [4.78, 5) is 12.1. The van der Waals surface area contributed by atoms with E-state index in [-0.39, 0.29) is 5.91 Å². The SMILES string of the molecule is COc1cc(NC(=O)c2ccc(C#N)cc2)ccc1Br. The number of nitriles is 1. The largest absolute Gasteiger partial charge is 0.495 e. The summed E-state index contributed by atoms with van der Waals surface area (Å²) < 4.78 is 5.99. The van der Waals surface area contributed by atoms with E-state index in [1.54, 1.807) is 49.6 Å². The van der Waals surface area contributed by atoms with Gasteiger partial charge in [-0.2, -0.15) is 5.26 Å². The highest BCUT2D eigenvalue weighted by molar-refractivity contribution is 9.10. The number of anilines is 1. The Balaban J connectivity index is 2.16. The molecule has 0 bridgehead atoms. The van der Waals surface area contributed by atoms with Crippen molar-refractivity contribution in [2.24, 2.45) is 0 Å². The first-order valence-corrected chi connectivity index (χ1v) is 6.58. The number of amides is 1. The number of ether oxygens (including phenoxy) is 1. The normalized spacial score (nSPS) is 9.65. The molecule has 0 saturated heterocycles. The summed E-state index contributed by atoms with van der Waals surface area (Å²) in [6.45, 7) is 0. The van der Waals surface area contributed by atoms with Gasteiger partial charge in [-0.15, -0.1) is 0 Å². The van der Waals surface area contributed by atoms with Crippen molar-refractivity contribution in [3.05, 3.63) is 58.1 Å². The van der Waals surface area contributed by atoms with Gasteiger partial charge < -0.3 is 10.1 Å². The van der Waals surface area contributed by atoms with Crippen LogP contribution in [0.5, 0.6) is 5.75 Å². The van der Waals surface area contributed by atoms with Crippen molar-refractivity contribution in [2.45, 2.75) is 0 Å². The minimum atomic E-state index is -0.237. The van der Waals surface area contributed by atoms with Crippen molar-refractivity contribution in [3.63, 3.8) is 0 Å². The molecule has 1 amide bonds. The molecular weight excluding hydrogens is 320 g/mol. The number of benzene rings is 2. The van der Waals surface area contributed by atoms with Gasteiger partial charge in [0.15, 0.2) is 0 Å². The van der Waals surface area contributed by atoms with Gasteiger partial charge in [-0.3, -0.25) is 4.79 Å². The molecule has 0 unspecified atom stereocenters. The number of carbonyl (C=O) groups excluding carboxylic acids is 1. The molecule has 0 fully saturated rings. The Labute approximate surface area is 125 Å². The molecule has 0 aromatic heterocycles. The number of hydrogen-bond acceptors (Lipinski definition) is 3. The maximum absolute atomic E-state index is 12.1. The van der Waals surface area contributed by atoms with Crippen LogP contribution in [-0.2, 0) is 0 Å². The number of rotatable bonds is 3. The van der Waals surface area contributed by atoms with E-state index in [1.165, 1.54) is 0 Å². The van der Waals surface area contributed by atoms with E-state index in [4.69, 9.17) is 10.00 Å². The van der Waals surface area contributed by atoms with E-state index < -0.39 is 0 Å². The minimum absolute atomic E-state index is 0.237. The Bertz CT molecular complexity index is 675. The average molecular weight is 331 g/mol. The summed E-state index contributed by atoms with van der Waals surface area (Å²) in [5.41, 5.74) is 1.65. The maximum atomic E-state index is 12.1. The highest BCUT2D eigenvalue weighted by Crippen LogP contribution is 2.28. The van der Waals surface area contributed by atoms with Crippen LogP contribution < -0.4 is 10.1 Å². The van der Waals surface area contributed by atoms with E-state index in [2.05, 4.69) is 21.2 Å². The molecule has 1 N–H and O–H groups in total. The Morgan fingerprint density at radius 3 is 2.55 bits per heavy atom. The standard InChI is InChI=1S/C15H11BrN2O2/c1-20-14-8-12(6-7-13(14)16)18-15(19)11-4-2-10(9-17)3-5-11/h2-8H,1H3,(H,18,19). The van der Waals surface area contributed by atoms with Crippen LogP contribution in [0, 0.1) is 11.3 Å². The number of nitrogens with one attached hydrogen (secondary N) is 1. The van der Waals surface area contributed by atoms with Crippen LogP contribution in [0.4, 0.5) is 5.69 Å². The van der Waals surface area contributed by atoms with E-state index >= 15 is 0 Å². The third-order valence-electron chi connectivity index (χ3n) is 2.69. The van der Waals surface area contributed by atoms with Crippen LogP contribution in [0.3, 0.4) is 0 Å². The number of nitrogens with zero attached hydrogens (tertiary/aromatic N) is 1. The highest BCUT2D eigenvalue weighted by atomic mass is 79.9. The van der Waals surface area contributed by atoms with Crippen LogP contribution >= 0.6 is 15.9 Å². The lowest BCUT2D eigenvalue weighted by molar-refractivity contribution is 0.102. The van der Waals surface area contributed by atoms with Gasteiger partial charge in [-0.1, -0.05) is 0 Å². The zero-order valence-electron chi connectivity index (χ0n) is 10.7. The van der Waals surface area contributed by atoms with Gasteiger partial charge in [0.1, 0.15) is 5.75 Å². The summed E-state index contributed by atoms with van der Waals surface area (Å²) in [6, 6.07) is 13.8. The second-order valence-electron chi connectivity index (χ2n) is 3.99.